The van der Waals surface area contributed by atoms with E-state index < -0.39 is 0 Å². The summed E-state index contributed by atoms with van der Waals surface area (Å²) in [6.45, 7) is 33.3. The number of piperidine rings is 1. The molecule has 322 valence electrons. The molecule has 0 radical (unpaired) electrons. The maximum atomic E-state index is 6.30. The van der Waals surface area contributed by atoms with Crippen LogP contribution in [0.1, 0.15) is 109 Å². The number of fused-ring (bicyclic) bond motifs is 2. The maximum Gasteiger partial charge on any atom is 0.110 e. The van der Waals surface area contributed by atoms with Crippen molar-refractivity contribution in [2.45, 2.75) is 103 Å². The number of allylic oxidation sites excluding steroid dienone is 2. The molecule has 1 fully saturated rings. The third kappa shape index (κ3) is 10.4. The minimum atomic E-state index is -0.231. The topological polar surface area (TPSA) is 67.3 Å². The van der Waals surface area contributed by atoms with E-state index in [1.807, 2.05) is 42.4 Å². The van der Waals surface area contributed by atoms with Crippen molar-refractivity contribution in [1.29, 1.82) is 0 Å². The Labute approximate surface area is 379 Å². The van der Waals surface area contributed by atoms with Gasteiger partial charge >= 0.3 is 0 Å². The molecule has 2 atom stereocenters. The lowest BCUT2D eigenvalue weighted by molar-refractivity contribution is 0.303. The van der Waals surface area contributed by atoms with E-state index in [-0.39, 0.29) is 12.1 Å². The van der Waals surface area contributed by atoms with Crippen molar-refractivity contribution in [3.63, 3.8) is 0 Å². The Hall–Kier alpha value is -5.57. The molecule has 62 heavy (non-hydrogen) atoms. The first-order valence-corrected chi connectivity index (χ1v) is 23.2. The van der Waals surface area contributed by atoms with Crippen LogP contribution >= 0.6 is 22.9 Å². The Morgan fingerprint density at radius 3 is 2.29 bits per heavy atom. The van der Waals surface area contributed by atoms with Gasteiger partial charge in [-0.1, -0.05) is 114 Å². The summed E-state index contributed by atoms with van der Waals surface area (Å²) in [5, 5.41) is 19.0. The van der Waals surface area contributed by atoms with Gasteiger partial charge in [0, 0.05) is 85.0 Å². The van der Waals surface area contributed by atoms with Gasteiger partial charge in [0.25, 0.3) is 0 Å². The molecule has 4 aromatic rings. The van der Waals surface area contributed by atoms with Crippen LogP contribution < -0.4 is 20.9 Å². The Balaban J connectivity index is 0.811. The van der Waals surface area contributed by atoms with Gasteiger partial charge < -0.3 is 20.9 Å². The monoisotopic (exact) mass is 863 g/mol. The molecule has 0 bridgehead atoms. The molecule has 0 amide bonds. The van der Waals surface area contributed by atoms with E-state index in [9.17, 15) is 0 Å². The quantitative estimate of drug-likeness (QED) is 0.0870. The second kappa shape index (κ2) is 20.1. The predicted molar refractivity (Wildman–Crippen MR) is 269 cm³/mol. The number of hydrogen-bond donors (Lipinski definition) is 3. The molecule has 0 aliphatic carbocycles. The van der Waals surface area contributed by atoms with Crippen molar-refractivity contribution in [2.24, 2.45) is 10.1 Å². The average molecular weight is 865 g/mol. The molecule has 3 aromatic carbocycles. The maximum absolute atomic E-state index is 6.30. The number of hydrazone groups is 1. The lowest BCUT2D eigenvalue weighted by Crippen LogP contribution is -2.40. The standard InChI is InChI=1S/C53H62ClN7S/c1-34(2)60-40(8)49(59-52(43-21-23-45(54)24-22-43)51-37(5)41(9)62-53(51)60)31-36(4)58-46-25-19-42(20-26-46)17-15-13-11-10-12-14-16-30-55-47-27-28-48-39(7)61(56-33-44(48)32-47)50-29-18-35(3)57-38(50)6/h19-28,32-33,49-50,55,57-58H,1,3-4,6-8,10-18,29-31H2,2,5,9H3. The fourth-order valence-corrected chi connectivity index (χ4v) is 9.99. The molecule has 0 spiro atoms. The first-order chi connectivity index (χ1) is 29.9. The fourth-order valence-electron chi connectivity index (χ4n) is 8.60. The summed E-state index contributed by atoms with van der Waals surface area (Å²) in [7, 11) is 0. The highest BCUT2D eigenvalue weighted by Crippen LogP contribution is 2.44. The van der Waals surface area contributed by atoms with Gasteiger partial charge in [-0.25, -0.2) is 0 Å². The summed E-state index contributed by atoms with van der Waals surface area (Å²) >= 11 is 8.06. The number of hydrogen-bond acceptors (Lipinski definition) is 8. The number of thiophene rings is 1. The van der Waals surface area contributed by atoms with E-state index in [2.05, 4.69) is 117 Å². The number of rotatable bonds is 18. The van der Waals surface area contributed by atoms with Gasteiger partial charge in [-0.05, 0) is 100 Å². The van der Waals surface area contributed by atoms with Gasteiger partial charge in [0.1, 0.15) is 5.00 Å². The molecule has 3 N–H and O–H groups in total. The van der Waals surface area contributed by atoms with Gasteiger partial charge in [-0.2, -0.15) is 5.10 Å². The summed E-state index contributed by atoms with van der Waals surface area (Å²) in [6, 6.07) is 23.1. The molecule has 1 aromatic heterocycles. The molecule has 3 aliphatic rings. The smallest absolute Gasteiger partial charge is 0.110 e. The Kier molecular flexibility index (Phi) is 14.4. The number of nitrogens with one attached hydrogen (secondary N) is 3. The normalized spacial score (nSPS) is 17.3. The first-order valence-electron chi connectivity index (χ1n) is 22.0. The molecular formula is C53H62ClN7S. The lowest BCUT2D eigenvalue weighted by atomic mass is 9.98. The summed E-state index contributed by atoms with van der Waals surface area (Å²) in [5.74, 6) is 0. The minimum absolute atomic E-state index is 0.0848. The number of aliphatic imine (C=N–C) groups is 1. The van der Waals surface area contributed by atoms with E-state index in [0.717, 1.165) is 111 Å². The summed E-state index contributed by atoms with van der Waals surface area (Å²) in [5.41, 5.74) is 15.6. The number of aryl methyl sites for hydroxylation is 2. The SMILES string of the molecule is C=C1CCC(N2N=Cc3cc(NCCCCCCCCCc4ccc(NC(=C)CC5N=C(c6ccc(Cl)cc6)c6c(sc(C)c6C)N(C(=C)C)C5=C)cc4)ccc3C2=C)C(=C)N1. The van der Waals surface area contributed by atoms with Gasteiger partial charge in [0.2, 0.25) is 0 Å². The third-order valence-electron chi connectivity index (χ3n) is 12.2. The van der Waals surface area contributed by atoms with Crippen LogP contribution in [-0.4, -0.2) is 35.6 Å². The number of unbranched alkanes of at least 4 members (excludes halogenated alkanes) is 6. The van der Waals surface area contributed by atoms with Gasteiger partial charge in [0.15, 0.2) is 0 Å². The van der Waals surface area contributed by atoms with Crippen LogP contribution in [0.3, 0.4) is 0 Å². The minimum Gasteiger partial charge on any atom is -0.385 e. The van der Waals surface area contributed by atoms with Crippen LogP contribution in [0.15, 0.2) is 145 Å². The highest BCUT2D eigenvalue weighted by atomic mass is 35.5. The Bertz CT molecular complexity index is 2420. The molecular weight excluding hydrogens is 802 g/mol. The van der Waals surface area contributed by atoms with Gasteiger partial charge in [0.05, 0.1) is 29.7 Å². The number of nitrogens with zero attached hydrogens (tertiary/aromatic N) is 4. The molecule has 3 aliphatic heterocycles. The zero-order chi connectivity index (χ0) is 43.9. The van der Waals surface area contributed by atoms with Crippen LogP contribution in [0.25, 0.3) is 5.70 Å². The number of anilines is 3. The van der Waals surface area contributed by atoms with Gasteiger partial charge in [-0.15, -0.1) is 11.3 Å². The second-order valence-electron chi connectivity index (χ2n) is 17.0. The number of benzene rings is 3. The average Bonchev–Trinajstić information content (AvgIpc) is 3.46. The van der Waals surface area contributed by atoms with Crippen molar-refractivity contribution in [3.8, 4) is 0 Å². The second-order valence-corrected chi connectivity index (χ2v) is 18.6. The van der Waals surface area contributed by atoms with Crippen LogP contribution in [0, 0.1) is 13.8 Å². The fraction of sp³-hybridized carbons (Fsp3) is 0.321. The zero-order valence-electron chi connectivity index (χ0n) is 36.9. The highest BCUT2D eigenvalue weighted by Gasteiger charge is 2.33. The lowest BCUT2D eigenvalue weighted by Gasteiger charge is -2.37. The molecule has 0 saturated carbocycles. The highest BCUT2D eigenvalue weighted by molar-refractivity contribution is 7.16. The number of halogens is 1. The van der Waals surface area contributed by atoms with E-state index in [1.165, 1.54) is 54.5 Å². The molecule has 4 heterocycles. The van der Waals surface area contributed by atoms with Crippen molar-refractivity contribution in [1.82, 2.24) is 10.3 Å². The molecule has 9 heteroatoms. The van der Waals surface area contributed by atoms with E-state index in [0.29, 0.717) is 11.4 Å². The molecule has 7 nitrogen and oxygen atoms in total. The van der Waals surface area contributed by atoms with E-state index in [4.69, 9.17) is 21.7 Å². The van der Waals surface area contributed by atoms with Crippen LogP contribution in [0.2, 0.25) is 5.02 Å². The summed E-state index contributed by atoms with van der Waals surface area (Å²) in [6.07, 6.45) is 14.2. The van der Waals surface area contributed by atoms with Crippen LogP contribution in [0.5, 0.6) is 0 Å². The van der Waals surface area contributed by atoms with E-state index in [1.54, 1.807) is 11.3 Å². The van der Waals surface area contributed by atoms with Crippen LogP contribution in [0.4, 0.5) is 16.4 Å². The van der Waals surface area contributed by atoms with Crippen molar-refractivity contribution in [3.05, 3.63) is 178 Å². The van der Waals surface area contributed by atoms with Crippen LogP contribution in [-0.2, 0) is 6.42 Å². The first kappa shape index (κ1) is 44.5. The molecule has 7 rings (SSSR count). The van der Waals surface area contributed by atoms with Crippen molar-refractivity contribution in [2.75, 3.05) is 22.1 Å². The summed E-state index contributed by atoms with van der Waals surface area (Å²) < 4.78 is 0. The Morgan fingerprint density at radius 2 is 1.58 bits per heavy atom. The van der Waals surface area contributed by atoms with E-state index >= 15 is 0 Å². The van der Waals surface area contributed by atoms with Crippen molar-refractivity contribution >= 4 is 56.9 Å². The molecule has 1 saturated heterocycles. The third-order valence-corrected chi connectivity index (χ3v) is 13.6. The predicted octanol–water partition coefficient (Wildman–Crippen LogP) is 13.9. The Morgan fingerprint density at radius 1 is 0.887 bits per heavy atom. The largest absolute Gasteiger partial charge is 0.385 e. The van der Waals surface area contributed by atoms with Gasteiger partial charge in [-0.3, -0.25) is 10.0 Å². The summed E-state index contributed by atoms with van der Waals surface area (Å²) in [4.78, 5) is 8.84. The zero-order valence-corrected chi connectivity index (χ0v) is 38.5. The molecule has 2 unspecified atom stereocenters. The van der Waals surface area contributed by atoms with Crippen molar-refractivity contribution < 1.29 is 0 Å².